The summed E-state index contributed by atoms with van der Waals surface area (Å²) in [5.41, 5.74) is 4.13. The number of Topliss-reactive ketones (excluding diaryl/α,β-unsaturated/α-hetero) is 2. The van der Waals surface area contributed by atoms with Crippen molar-refractivity contribution in [3.63, 3.8) is 0 Å². The van der Waals surface area contributed by atoms with Gasteiger partial charge in [-0.05, 0) is 63.6 Å². The van der Waals surface area contributed by atoms with Crippen LogP contribution in [0.2, 0.25) is 0 Å². The number of amides is 1. The summed E-state index contributed by atoms with van der Waals surface area (Å²) in [6.07, 6.45) is 0.303. The number of aliphatic hydroxyl groups excluding tert-OH is 2. The van der Waals surface area contributed by atoms with Crippen LogP contribution in [0.4, 0.5) is 5.69 Å². The number of phenols is 1. The number of benzene rings is 1. The van der Waals surface area contributed by atoms with Gasteiger partial charge in [-0.25, -0.2) is 0 Å². The molecule has 0 heterocycles. The van der Waals surface area contributed by atoms with Crippen LogP contribution in [-0.2, 0) is 27.3 Å². The molecule has 0 saturated heterocycles. The number of aromatic hydroxyl groups is 1. The number of nitrogens with two attached hydrogens (primary N) is 1. The number of anilines is 1. The van der Waals surface area contributed by atoms with Gasteiger partial charge in [-0.1, -0.05) is 6.92 Å². The minimum Gasteiger partial charge on any atom is -0.508 e. The highest BCUT2D eigenvalue weighted by Crippen LogP contribution is 2.54. The van der Waals surface area contributed by atoms with Crippen molar-refractivity contribution in [3.05, 3.63) is 39.7 Å². The Morgan fingerprint density at radius 3 is 2.29 bits per heavy atom. The second-order valence-electron chi connectivity index (χ2n) is 10.9. The first-order chi connectivity index (χ1) is 17.7. The van der Waals surface area contributed by atoms with Crippen molar-refractivity contribution in [1.29, 1.82) is 0 Å². The van der Waals surface area contributed by atoms with Gasteiger partial charge in [0.15, 0.2) is 11.4 Å². The molecule has 4 rings (SSSR count). The molecule has 0 spiro atoms. The lowest BCUT2D eigenvalue weighted by atomic mass is 9.57. The molecule has 11 nitrogen and oxygen atoms in total. The van der Waals surface area contributed by atoms with E-state index in [0.717, 1.165) is 17.8 Å². The Balaban J connectivity index is 1.97. The fourth-order valence-corrected chi connectivity index (χ4v) is 6.45. The number of nitrogens with zero attached hydrogens (tertiary/aromatic N) is 3. The summed E-state index contributed by atoms with van der Waals surface area (Å²) in [7, 11) is 8.82. The van der Waals surface area contributed by atoms with Crippen LogP contribution < -0.4 is 10.6 Å². The topological polar surface area (TPSA) is 168 Å². The maximum absolute atomic E-state index is 13.9. The highest BCUT2D eigenvalue weighted by atomic mass is 16.3. The quantitative estimate of drug-likeness (QED) is 0.328. The summed E-state index contributed by atoms with van der Waals surface area (Å²) in [4.78, 5) is 44.7. The lowest BCUT2D eigenvalue weighted by molar-refractivity contribution is -0.153. The van der Waals surface area contributed by atoms with Gasteiger partial charge in [-0.3, -0.25) is 19.3 Å². The van der Waals surface area contributed by atoms with E-state index in [2.05, 4.69) is 4.90 Å². The fraction of sp³-hybridized carbons (Fsp3) is 0.519. The first-order valence-corrected chi connectivity index (χ1v) is 12.6. The molecule has 0 aliphatic heterocycles. The molecule has 3 aliphatic carbocycles. The van der Waals surface area contributed by atoms with Gasteiger partial charge in [-0.15, -0.1) is 0 Å². The number of ketones is 2. The van der Waals surface area contributed by atoms with Crippen molar-refractivity contribution in [3.8, 4) is 5.75 Å². The molecule has 11 heteroatoms. The number of phenolic OH excluding ortho intramolecular Hbond substituents is 1. The van der Waals surface area contributed by atoms with Crippen molar-refractivity contribution < 1.29 is 34.8 Å². The normalized spacial score (nSPS) is 27.0. The maximum Gasteiger partial charge on any atom is 0.255 e. The van der Waals surface area contributed by atoms with E-state index in [1.54, 1.807) is 20.2 Å². The summed E-state index contributed by atoms with van der Waals surface area (Å²) in [6.45, 7) is 3.34. The van der Waals surface area contributed by atoms with Gasteiger partial charge in [0.2, 0.25) is 5.78 Å². The monoisotopic (exact) mass is 528 g/mol. The average Bonchev–Trinajstić information content (AvgIpc) is 2.80. The van der Waals surface area contributed by atoms with E-state index >= 15 is 0 Å². The second kappa shape index (κ2) is 9.40. The van der Waals surface area contributed by atoms with Crippen molar-refractivity contribution in [2.24, 2.45) is 17.6 Å². The van der Waals surface area contributed by atoms with Crippen LogP contribution in [-0.4, -0.2) is 101 Å². The molecule has 0 aromatic heterocycles. The molecule has 0 unspecified atom stereocenters. The number of carbonyl (C=O) groups excluding carboxylic acids is 3. The molecule has 1 aromatic carbocycles. The highest BCUT2D eigenvalue weighted by molar-refractivity contribution is 6.24. The minimum atomic E-state index is -2.64. The Labute approximate surface area is 221 Å². The van der Waals surface area contributed by atoms with Gasteiger partial charge in [-0.2, -0.15) is 0 Å². The molecule has 1 amide bonds. The Morgan fingerprint density at radius 1 is 1.13 bits per heavy atom. The van der Waals surface area contributed by atoms with E-state index < -0.39 is 58.0 Å². The van der Waals surface area contributed by atoms with Gasteiger partial charge >= 0.3 is 0 Å². The number of rotatable bonds is 6. The van der Waals surface area contributed by atoms with Gasteiger partial charge in [0.1, 0.15) is 22.8 Å². The van der Waals surface area contributed by atoms with Crippen molar-refractivity contribution in [1.82, 2.24) is 9.80 Å². The lowest BCUT2D eigenvalue weighted by Crippen LogP contribution is -2.65. The van der Waals surface area contributed by atoms with Crippen molar-refractivity contribution in [2.45, 2.75) is 38.0 Å². The Bertz CT molecular complexity index is 1300. The zero-order valence-corrected chi connectivity index (χ0v) is 22.6. The van der Waals surface area contributed by atoms with Crippen LogP contribution in [0.3, 0.4) is 0 Å². The fourth-order valence-electron chi connectivity index (χ4n) is 6.45. The number of aliphatic hydroxyl groups is 3. The predicted octanol–water partition coefficient (Wildman–Crippen LogP) is 0.482. The molecule has 6 N–H and O–H groups in total. The Kier molecular flexibility index (Phi) is 6.84. The van der Waals surface area contributed by atoms with Crippen LogP contribution in [0.15, 0.2) is 23.0 Å². The van der Waals surface area contributed by atoms with Crippen LogP contribution in [0.25, 0.3) is 5.76 Å². The predicted molar refractivity (Wildman–Crippen MR) is 141 cm³/mol. The van der Waals surface area contributed by atoms with Gasteiger partial charge < -0.3 is 36.0 Å². The third-order valence-electron chi connectivity index (χ3n) is 8.20. The number of hydrogen-bond donors (Lipinski definition) is 5. The van der Waals surface area contributed by atoms with Crippen molar-refractivity contribution >= 4 is 28.9 Å². The number of primary amides is 1. The molecule has 1 saturated carbocycles. The number of likely N-dealkylation sites (N-methyl/N-ethyl adjacent to an activating group) is 1. The standard InChI is InChI=1S/C27H36N4O7/c1-7-31(6)11-13-10-16(32)18-14(20(13)29(2)3)8-12-9-15-21(30(4)5)23(34)19(26(28)37)25(36)27(15,38)24(35)17(12)22(18)33/h10,12,15,21,32-33,36,38H,7-9,11H2,1-6H3,(H2,28,37)/t12-,15-,21-,27-/m0/s1. The van der Waals surface area contributed by atoms with Crippen LogP contribution in [0.5, 0.6) is 5.75 Å². The van der Waals surface area contributed by atoms with E-state index in [9.17, 15) is 34.8 Å². The first-order valence-electron chi connectivity index (χ1n) is 12.6. The summed E-state index contributed by atoms with van der Waals surface area (Å²) in [5, 5.41) is 45.1. The van der Waals surface area contributed by atoms with Crippen LogP contribution >= 0.6 is 0 Å². The van der Waals surface area contributed by atoms with Gasteiger partial charge in [0.25, 0.3) is 5.91 Å². The van der Waals surface area contributed by atoms with E-state index in [1.165, 1.54) is 4.90 Å². The number of hydrogen-bond acceptors (Lipinski definition) is 10. The Hall–Kier alpha value is -3.41. The zero-order valence-electron chi connectivity index (χ0n) is 22.6. The first kappa shape index (κ1) is 27.6. The zero-order chi connectivity index (χ0) is 28.4. The number of fused-ring (bicyclic) bond motifs is 3. The second-order valence-corrected chi connectivity index (χ2v) is 10.9. The third-order valence-corrected chi connectivity index (χ3v) is 8.20. The smallest absolute Gasteiger partial charge is 0.255 e. The molecule has 4 atom stereocenters. The SMILES string of the molecule is CCN(C)Cc1cc(O)c2c(c1N(C)C)C[C@H]1C[C@H]3[C@H](N(C)C)C(=O)C(C(N)=O)=C(O)[C@@]3(O)C(=O)C1=C2O. The molecule has 1 aromatic rings. The number of carbonyl (C=O) groups is 3. The maximum atomic E-state index is 13.9. The molecular weight excluding hydrogens is 492 g/mol. The molecule has 0 radical (unpaired) electrons. The average molecular weight is 529 g/mol. The molecule has 0 bridgehead atoms. The van der Waals surface area contributed by atoms with E-state index in [0.29, 0.717) is 12.1 Å². The molecule has 1 fully saturated rings. The summed E-state index contributed by atoms with van der Waals surface area (Å²) >= 11 is 0. The summed E-state index contributed by atoms with van der Waals surface area (Å²) in [5.74, 6) is -6.56. The summed E-state index contributed by atoms with van der Waals surface area (Å²) < 4.78 is 0. The molecular formula is C27H36N4O7. The molecule has 206 valence electrons. The van der Waals surface area contributed by atoms with E-state index in [-0.39, 0.29) is 29.7 Å². The summed E-state index contributed by atoms with van der Waals surface area (Å²) in [6, 6.07) is 0.449. The van der Waals surface area contributed by atoms with Gasteiger partial charge in [0.05, 0.1) is 11.6 Å². The Morgan fingerprint density at radius 2 is 1.76 bits per heavy atom. The molecule has 38 heavy (non-hydrogen) atoms. The minimum absolute atomic E-state index is 0.0541. The van der Waals surface area contributed by atoms with Crippen molar-refractivity contribution in [2.75, 3.05) is 46.7 Å². The lowest BCUT2D eigenvalue weighted by Gasteiger charge is -2.50. The largest absolute Gasteiger partial charge is 0.508 e. The van der Waals surface area contributed by atoms with Gasteiger partial charge in [0, 0.05) is 37.8 Å². The van der Waals surface area contributed by atoms with Crippen LogP contribution in [0, 0.1) is 11.8 Å². The highest BCUT2D eigenvalue weighted by Gasteiger charge is 2.64. The van der Waals surface area contributed by atoms with E-state index in [1.807, 2.05) is 33.0 Å². The van der Waals surface area contributed by atoms with Crippen LogP contribution in [0.1, 0.15) is 30.0 Å². The van der Waals surface area contributed by atoms with E-state index in [4.69, 9.17) is 5.73 Å². The molecule has 3 aliphatic rings. The third kappa shape index (κ3) is 3.79.